The molecule has 0 aliphatic carbocycles. The van der Waals surface area contributed by atoms with E-state index >= 15 is 0 Å². The number of hydrogen-bond donors (Lipinski definition) is 1. The number of amides is 1. The average Bonchev–Trinajstić information content (AvgIpc) is 3.29. The van der Waals surface area contributed by atoms with Crippen LogP contribution in [0.25, 0.3) is 16.9 Å². The molecular weight excluding hydrogens is 399 g/mol. The number of aryl methyl sites for hydroxylation is 1. The summed E-state index contributed by atoms with van der Waals surface area (Å²) in [5.41, 5.74) is 2.55. The van der Waals surface area contributed by atoms with Gasteiger partial charge < -0.3 is 9.84 Å². The van der Waals surface area contributed by atoms with E-state index in [1.165, 1.54) is 0 Å². The van der Waals surface area contributed by atoms with Crippen LogP contribution in [0.15, 0.2) is 65.4 Å². The van der Waals surface area contributed by atoms with Gasteiger partial charge in [0.05, 0.1) is 33.8 Å². The van der Waals surface area contributed by atoms with E-state index in [0.717, 1.165) is 0 Å². The zero-order valence-corrected chi connectivity index (χ0v) is 16.2. The predicted molar refractivity (Wildman–Crippen MR) is 108 cm³/mol. The van der Waals surface area contributed by atoms with Crippen LogP contribution < -0.4 is 5.32 Å². The van der Waals surface area contributed by atoms with Gasteiger partial charge in [0, 0.05) is 5.56 Å². The monoisotopic (exact) mass is 412 g/mol. The Hall–Kier alpha value is -3.09. The van der Waals surface area contributed by atoms with Gasteiger partial charge in [-0.15, -0.1) is 0 Å². The van der Waals surface area contributed by atoms with Crippen LogP contribution in [-0.4, -0.2) is 20.8 Å². The molecule has 4 rings (SSSR count). The molecule has 0 aliphatic rings. The number of nitrogens with zero attached hydrogens (tertiary/aromatic N) is 3. The van der Waals surface area contributed by atoms with Crippen molar-refractivity contribution in [3.05, 3.63) is 82.3 Å². The van der Waals surface area contributed by atoms with E-state index < -0.39 is 0 Å². The van der Waals surface area contributed by atoms with Gasteiger partial charge in [-0.3, -0.25) is 4.79 Å². The van der Waals surface area contributed by atoms with Crippen molar-refractivity contribution in [2.24, 2.45) is 0 Å². The average molecular weight is 413 g/mol. The highest BCUT2D eigenvalue weighted by molar-refractivity contribution is 6.33. The van der Waals surface area contributed by atoms with Crippen molar-refractivity contribution < 1.29 is 9.32 Å². The van der Waals surface area contributed by atoms with Crippen LogP contribution >= 0.6 is 23.2 Å². The lowest BCUT2D eigenvalue weighted by molar-refractivity contribution is 0.102. The molecule has 6 nitrogen and oxygen atoms in total. The Morgan fingerprint density at radius 1 is 1.07 bits per heavy atom. The Morgan fingerprint density at radius 3 is 2.54 bits per heavy atom. The Bertz CT molecular complexity index is 1170. The van der Waals surface area contributed by atoms with Gasteiger partial charge in [0.1, 0.15) is 17.0 Å². The fraction of sp³-hybridized carbons (Fsp3) is 0.0500. The third-order valence-electron chi connectivity index (χ3n) is 4.16. The Balaban J connectivity index is 1.63. The quantitative estimate of drug-likeness (QED) is 0.487. The number of carbonyl (C=O) groups excluding carboxylic acids is 1. The molecule has 0 unspecified atom stereocenters. The Morgan fingerprint density at radius 2 is 1.79 bits per heavy atom. The lowest BCUT2D eigenvalue weighted by atomic mass is 10.1. The molecule has 0 saturated heterocycles. The number of hydrogen-bond acceptors (Lipinski definition) is 4. The normalized spacial score (nSPS) is 10.8. The maximum Gasteiger partial charge on any atom is 0.261 e. The molecule has 2 heterocycles. The summed E-state index contributed by atoms with van der Waals surface area (Å²) in [5, 5.41) is 12.1. The molecule has 0 fully saturated rings. The first-order chi connectivity index (χ1) is 13.5. The van der Waals surface area contributed by atoms with Gasteiger partial charge in [-0.25, -0.2) is 4.68 Å². The minimum absolute atomic E-state index is 0.318. The molecule has 0 radical (unpaired) electrons. The molecule has 0 spiro atoms. The molecular formula is C20H14Cl2N4O2. The Kier molecular flexibility index (Phi) is 4.90. The van der Waals surface area contributed by atoms with Crippen LogP contribution in [0.1, 0.15) is 16.1 Å². The molecule has 0 atom stereocenters. The second kappa shape index (κ2) is 7.50. The molecule has 2 aromatic heterocycles. The SMILES string of the molecule is Cc1onc(-c2ccccc2Cl)c1C(=O)Nc1cnn(-c2ccccc2Cl)c1. The van der Waals surface area contributed by atoms with Crippen molar-refractivity contribution in [3.63, 3.8) is 0 Å². The van der Waals surface area contributed by atoms with Gasteiger partial charge in [-0.05, 0) is 25.1 Å². The minimum Gasteiger partial charge on any atom is -0.360 e. The van der Waals surface area contributed by atoms with E-state index in [1.807, 2.05) is 30.3 Å². The first-order valence-electron chi connectivity index (χ1n) is 8.36. The number of aromatic nitrogens is 3. The molecule has 1 N–H and O–H groups in total. The molecule has 0 saturated carbocycles. The lowest BCUT2D eigenvalue weighted by Crippen LogP contribution is -2.13. The van der Waals surface area contributed by atoms with E-state index in [-0.39, 0.29) is 5.91 Å². The van der Waals surface area contributed by atoms with Crippen LogP contribution in [0, 0.1) is 6.92 Å². The number of carbonyl (C=O) groups is 1. The van der Waals surface area contributed by atoms with Crippen LogP contribution in [0.5, 0.6) is 0 Å². The van der Waals surface area contributed by atoms with Crippen molar-refractivity contribution in [3.8, 4) is 16.9 Å². The maximum atomic E-state index is 12.9. The van der Waals surface area contributed by atoms with Crippen LogP contribution in [0.4, 0.5) is 5.69 Å². The third-order valence-corrected chi connectivity index (χ3v) is 4.81. The number of nitrogens with one attached hydrogen (secondary N) is 1. The van der Waals surface area contributed by atoms with E-state index in [0.29, 0.717) is 44.0 Å². The summed E-state index contributed by atoms with van der Waals surface area (Å²) in [6.45, 7) is 1.68. The van der Waals surface area contributed by atoms with Crippen molar-refractivity contribution >= 4 is 34.8 Å². The van der Waals surface area contributed by atoms with Crippen LogP contribution in [0.3, 0.4) is 0 Å². The summed E-state index contributed by atoms with van der Waals surface area (Å²) < 4.78 is 6.84. The molecule has 1 amide bonds. The van der Waals surface area contributed by atoms with Crippen LogP contribution in [-0.2, 0) is 0 Å². The topological polar surface area (TPSA) is 73.0 Å². The molecule has 4 aromatic rings. The highest BCUT2D eigenvalue weighted by Crippen LogP contribution is 2.31. The second-order valence-electron chi connectivity index (χ2n) is 6.02. The van der Waals surface area contributed by atoms with Crippen molar-refractivity contribution in [1.82, 2.24) is 14.9 Å². The molecule has 8 heteroatoms. The van der Waals surface area contributed by atoms with E-state index in [9.17, 15) is 4.79 Å². The Labute approximate surface area is 170 Å². The van der Waals surface area contributed by atoms with E-state index in [4.69, 9.17) is 27.7 Å². The minimum atomic E-state index is -0.368. The summed E-state index contributed by atoms with van der Waals surface area (Å²) in [5.74, 6) is 0.0262. The predicted octanol–water partition coefficient (Wildman–Crippen LogP) is 5.39. The van der Waals surface area contributed by atoms with E-state index in [1.54, 1.807) is 42.2 Å². The van der Waals surface area contributed by atoms with Crippen LogP contribution in [0.2, 0.25) is 10.0 Å². The fourth-order valence-electron chi connectivity index (χ4n) is 2.83. The molecule has 0 aliphatic heterocycles. The van der Waals surface area contributed by atoms with Gasteiger partial charge in [0.15, 0.2) is 0 Å². The number of benzene rings is 2. The van der Waals surface area contributed by atoms with Crippen molar-refractivity contribution in [2.75, 3.05) is 5.32 Å². The van der Waals surface area contributed by atoms with Gasteiger partial charge in [-0.2, -0.15) is 5.10 Å². The molecule has 140 valence electrons. The van der Waals surface area contributed by atoms with Gasteiger partial charge in [-0.1, -0.05) is 58.7 Å². The van der Waals surface area contributed by atoms with E-state index in [2.05, 4.69) is 15.6 Å². The molecule has 2 aromatic carbocycles. The van der Waals surface area contributed by atoms with Gasteiger partial charge >= 0.3 is 0 Å². The smallest absolute Gasteiger partial charge is 0.261 e. The van der Waals surface area contributed by atoms with Crippen molar-refractivity contribution in [1.29, 1.82) is 0 Å². The highest BCUT2D eigenvalue weighted by atomic mass is 35.5. The maximum absolute atomic E-state index is 12.9. The number of halogens is 2. The highest BCUT2D eigenvalue weighted by Gasteiger charge is 2.23. The van der Waals surface area contributed by atoms with Gasteiger partial charge in [0.2, 0.25) is 0 Å². The largest absolute Gasteiger partial charge is 0.360 e. The first kappa shape index (κ1) is 18.3. The zero-order chi connectivity index (χ0) is 19.7. The first-order valence-corrected chi connectivity index (χ1v) is 9.12. The van der Waals surface area contributed by atoms with Gasteiger partial charge in [0.25, 0.3) is 5.91 Å². The summed E-state index contributed by atoms with van der Waals surface area (Å²) in [7, 11) is 0. The summed E-state index contributed by atoms with van der Waals surface area (Å²) in [6.07, 6.45) is 3.22. The zero-order valence-electron chi connectivity index (χ0n) is 14.7. The van der Waals surface area contributed by atoms with Crippen molar-refractivity contribution in [2.45, 2.75) is 6.92 Å². The number of rotatable bonds is 4. The summed E-state index contributed by atoms with van der Waals surface area (Å²) in [4.78, 5) is 12.9. The third kappa shape index (κ3) is 3.40. The molecule has 0 bridgehead atoms. The molecule has 28 heavy (non-hydrogen) atoms. The number of anilines is 1. The summed E-state index contributed by atoms with van der Waals surface area (Å²) in [6, 6.07) is 14.4. The summed E-state index contributed by atoms with van der Waals surface area (Å²) >= 11 is 12.4. The standard InChI is InChI=1S/C20H14Cl2N4O2/c1-12-18(19(25-28-12)14-6-2-3-7-15(14)21)20(27)24-13-10-23-26(11-13)17-9-5-4-8-16(17)22/h2-11H,1H3,(H,24,27). The lowest BCUT2D eigenvalue weighted by Gasteiger charge is -2.05. The number of para-hydroxylation sites is 1. The fourth-order valence-corrected chi connectivity index (χ4v) is 3.27. The second-order valence-corrected chi connectivity index (χ2v) is 6.84.